The summed E-state index contributed by atoms with van der Waals surface area (Å²) in [5.74, 6) is 1.89. The molecule has 0 saturated heterocycles. The van der Waals surface area contributed by atoms with E-state index in [-0.39, 0.29) is 5.91 Å². The Morgan fingerprint density at radius 1 is 0.941 bits per heavy atom. The molecule has 6 heteroatoms. The maximum atomic E-state index is 12.7. The number of hydrogen-bond donors (Lipinski definition) is 1. The number of anilines is 1. The zero-order valence-electron chi connectivity index (χ0n) is 19.9. The summed E-state index contributed by atoms with van der Waals surface area (Å²) in [4.78, 5) is 12.7. The van der Waals surface area contributed by atoms with Crippen LogP contribution < -0.4 is 19.5 Å². The Kier molecular flexibility index (Phi) is 6.59. The zero-order chi connectivity index (χ0) is 24.2. The largest absolute Gasteiger partial charge is 0.497 e. The third kappa shape index (κ3) is 4.48. The van der Waals surface area contributed by atoms with E-state index in [2.05, 4.69) is 5.32 Å². The minimum Gasteiger partial charge on any atom is -0.497 e. The van der Waals surface area contributed by atoms with Crippen LogP contribution in [0.15, 0.2) is 71.4 Å². The maximum absolute atomic E-state index is 12.7. The normalized spacial score (nSPS) is 11.4. The van der Waals surface area contributed by atoms with E-state index in [1.807, 2.05) is 62.4 Å². The standard InChI is InChI=1S/C28H27NO5/c1-17(13-26(30)29-20-7-6-8-22(14-20)32-4)23-15-24-25(19-9-11-21(31-3)12-10-19)16-34-28(24)18(2)27(23)33-5/h6-16H,1-5H3,(H,29,30)/b17-13+. The molecule has 0 radical (unpaired) electrons. The highest BCUT2D eigenvalue weighted by Gasteiger charge is 2.19. The first-order chi connectivity index (χ1) is 16.4. The number of amides is 1. The molecule has 34 heavy (non-hydrogen) atoms. The Morgan fingerprint density at radius 2 is 1.68 bits per heavy atom. The molecule has 0 aliphatic carbocycles. The monoisotopic (exact) mass is 457 g/mol. The van der Waals surface area contributed by atoms with Crippen LogP contribution in [0.1, 0.15) is 18.1 Å². The Labute approximate surface area is 198 Å². The first kappa shape index (κ1) is 23.0. The van der Waals surface area contributed by atoms with Gasteiger partial charge in [0.2, 0.25) is 5.91 Å². The van der Waals surface area contributed by atoms with Gasteiger partial charge in [-0.15, -0.1) is 0 Å². The van der Waals surface area contributed by atoms with Crippen LogP contribution in [0.5, 0.6) is 17.2 Å². The minimum atomic E-state index is -0.242. The minimum absolute atomic E-state index is 0.242. The van der Waals surface area contributed by atoms with Crippen LogP contribution in [-0.4, -0.2) is 27.2 Å². The average molecular weight is 458 g/mol. The average Bonchev–Trinajstić information content (AvgIpc) is 3.28. The molecule has 0 bridgehead atoms. The molecule has 0 saturated carbocycles. The second-order valence-electron chi connectivity index (χ2n) is 7.89. The van der Waals surface area contributed by atoms with Crippen molar-refractivity contribution in [3.63, 3.8) is 0 Å². The van der Waals surface area contributed by atoms with E-state index in [4.69, 9.17) is 18.6 Å². The molecule has 0 atom stereocenters. The SMILES string of the molecule is COc1ccc(-c2coc3c(C)c(OC)c(/C(C)=C/C(=O)Nc4cccc(OC)c4)cc23)cc1. The summed E-state index contributed by atoms with van der Waals surface area (Å²) in [5.41, 5.74) is 5.83. The maximum Gasteiger partial charge on any atom is 0.248 e. The number of furan rings is 1. The van der Waals surface area contributed by atoms with Gasteiger partial charge in [-0.3, -0.25) is 4.79 Å². The van der Waals surface area contributed by atoms with Gasteiger partial charge < -0.3 is 23.9 Å². The van der Waals surface area contributed by atoms with Crippen molar-refractivity contribution in [1.82, 2.24) is 0 Å². The van der Waals surface area contributed by atoms with Crippen LogP contribution in [0.2, 0.25) is 0 Å². The van der Waals surface area contributed by atoms with Gasteiger partial charge in [0.05, 0.1) is 27.6 Å². The highest BCUT2D eigenvalue weighted by molar-refractivity contribution is 6.06. The fraction of sp³-hybridized carbons (Fsp3) is 0.179. The summed E-state index contributed by atoms with van der Waals surface area (Å²) < 4.78 is 22.1. The van der Waals surface area contributed by atoms with E-state index in [1.54, 1.807) is 39.7 Å². The van der Waals surface area contributed by atoms with E-state index in [9.17, 15) is 4.79 Å². The lowest BCUT2D eigenvalue weighted by Crippen LogP contribution is -2.08. The lowest BCUT2D eigenvalue weighted by Gasteiger charge is -2.13. The summed E-state index contributed by atoms with van der Waals surface area (Å²) >= 11 is 0. The Balaban J connectivity index is 1.73. The molecular weight excluding hydrogens is 430 g/mol. The van der Waals surface area contributed by atoms with Gasteiger partial charge in [0.1, 0.15) is 22.8 Å². The predicted molar refractivity (Wildman–Crippen MR) is 135 cm³/mol. The number of carbonyl (C=O) groups excluding carboxylic acids is 1. The lowest BCUT2D eigenvalue weighted by molar-refractivity contribution is -0.111. The second kappa shape index (κ2) is 9.75. The Morgan fingerprint density at radius 3 is 2.35 bits per heavy atom. The van der Waals surface area contributed by atoms with E-state index >= 15 is 0 Å². The van der Waals surface area contributed by atoms with Crippen molar-refractivity contribution in [2.75, 3.05) is 26.6 Å². The molecule has 6 nitrogen and oxygen atoms in total. The first-order valence-electron chi connectivity index (χ1n) is 10.8. The third-order valence-electron chi connectivity index (χ3n) is 5.76. The number of rotatable bonds is 7. The van der Waals surface area contributed by atoms with E-state index in [1.165, 1.54) is 0 Å². The van der Waals surface area contributed by atoms with Crippen LogP contribution in [0.25, 0.3) is 27.7 Å². The van der Waals surface area contributed by atoms with Gasteiger partial charge in [0, 0.05) is 39.9 Å². The molecule has 0 fully saturated rings. The quantitative estimate of drug-likeness (QED) is 0.322. The summed E-state index contributed by atoms with van der Waals surface area (Å²) in [6, 6.07) is 17.1. The van der Waals surface area contributed by atoms with Crippen LogP contribution in [-0.2, 0) is 4.79 Å². The van der Waals surface area contributed by atoms with Gasteiger partial charge >= 0.3 is 0 Å². The first-order valence-corrected chi connectivity index (χ1v) is 10.8. The zero-order valence-corrected chi connectivity index (χ0v) is 19.9. The smallest absolute Gasteiger partial charge is 0.248 e. The fourth-order valence-corrected chi connectivity index (χ4v) is 4.02. The molecular formula is C28H27NO5. The van der Waals surface area contributed by atoms with E-state index in [0.717, 1.165) is 44.5 Å². The highest BCUT2D eigenvalue weighted by atomic mass is 16.5. The van der Waals surface area contributed by atoms with Crippen molar-refractivity contribution in [2.24, 2.45) is 0 Å². The van der Waals surface area contributed by atoms with Crippen LogP contribution in [0.3, 0.4) is 0 Å². The Bertz CT molecular complexity index is 1370. The number of hydrogen-bond acceptors (Lipinski definition) is 5. The molecule has 0 aliphatic heterocycles. The van der Waals surface area contributed by atoms with Gasteiger partial charge in [-0.25, -0.2) is 0 Å². The molecule has 1 aromatic heterocycles. The number of ether oxygens (including phenoxy) is 3. The van der Waals surface area contributed by atoms with Crippen molar-refractivity contribution < 1.29 is 23.4 Å². The number of benzene rings is 3. The van der Waals surface area contributed by atoms with Crippen molar-refractivity contribution in [3.05, 3.63) is 78.1 Å². The Hall–Kier alpha value is -4.19. The highest BCUT2D eigenvalue weighted by Crippen LogP contribution is 2.40. The van der Waals surface area contributed by atoms with Crippen LogP contribution in [0, 0.1) is 6.92 Å². The molecule has 1 heterocycles. The van der Waals surface area contributed by atoms with Gasteiger partial charge in [-0.05, 0) is 55.3 Å². The lowest BCUT2D eigenvalue weighted by atomic mass is 9.96. The number of aryl methyl sites for hydroxylation is 1. The van der Waals surface area contributed by atoms with Crippen LogP contribution in [0.4, 0.5) is 5.69 Å². The summed E-state index contributed by atoms with van der Waals surface area (Å²) in [7, 11) is 4.85. The van der Waals surface area contributed by atoms with Crippen molar-refractivity contribution >= 4 is 28.1 Å². The number of methoxy groups -OCH3 is 3. The van der Waals surface area contributed by atoms with Gasteiger partial charge in [-0.2, -0.15) is 0 Å². The second-order valence-corrected chi connectivity index (χ2v) is 7.89. The fourth-order valence-electron chi connectivity index (χ4n) is 4.02. The number of nitrogens with one attached hydrogen (secondary N) is 1. The molecule has 4 rings (SSSR count). The predicted octanol–water partition coefficient (Wildman–Crippen LogP) is 6.48. The summed E-state index contributed by atoms with van der Waals surface area (Å²) in [6.07, 6.45) is 3.31. The summed E-state index contributed by atoms with van der Waals surface area (Å²) in [5, 5.41) is 3.83. The van der Waals surface area contributed by atoms with Crippen molar-refractivity contribution in [2.45, 2.75) is 13.8 Å². The molecule has 174 valence electrons. The van der Waals surface area contributed by atoms with Crippen molar-refractivity contribution in [1.29, 1.82) is 0 Å². The van der Waals surface area contributed by atoms with Crippen LogP contribution >= 0.6 is 0 Å². The van der Waals surface area contributed by atoms with Gasteiger partial charge in [0.15, 0.2) is 0 Å². The topological polar surface area (TPSA) is 69.9 Å². The van der Waals surface area contributed by atoms with Gasteiger partial charge in [-0.1, -0.05) is 18.2 Å². The molecule has 3 aromatic carbocycles. The molecule has 1 amide bonds. The van der Waals surface area contributed by atoms with Gasteiger partial charge in [0.25, 0.3) is 0 Å². The molecule has 0 spiro atoms. The number of carbonyl (C=O) groups is 1. The summed E-state index contributed by atoms with van der Waals surface area (Å²) in [6.45, 7) is 3.84. The molecule has 4 aromatic rings. The van der Waals surface area contributed by atoms with Crippen molar-refractivity contribution in [3.8, 4) is 28.4 Å². The van der Waals surface area contributed by atoms with E-state index in [0.29, 0.717) is 17.2 Å². The van der Waals surface area contributed by atoms with E-state index < -0.39 is 0 Å². The molecule has 0 unspecified atom stereocenters. The molecule has 1 N–H and O–H groups in total. The molecule has 0 aliphatic rings. The number of allylic oxidation sites excluding steroid dienone is 1. The third-order valence-corrected chi connectivity index (χ3v) is 5.76. The number of fused-ring (bicyclic) bond motifs is 1.